The molecule has 3 aromatic rings. The highest BCUT2D eigenvalue weighted by atomic mass is 32.2. The molecule has 10 heteroatoms. The van der Waals surface area contributed by atoms with Crippen LogP contribution in [-0.2, 0) is 19.9 Å². The van der Waals surface area contributed by atoms with Crippen LogP contribution in [0, 0.1) is 0 Å². The first-order chi connectivity index (χ1) is 17.9. The topological polar surface area (TPSA) is 113 Å². The molecule has 1 heterocycles. The molecule has 0 bridgehead atoms. The number of benzene rings is 3. The highest BCUT2D eigenvalue weighted by molar-refractivity contribution is 7.90. The van der Waals surface area contributed by atoms with Gasteiger partial charge in [0, 0.05) is 37.0 Å². The van der Waals surface area contributed by atoms with Crippen molar-refractivity contribution in [1.82, 2.24) is 14.9 Å². The quantitative estimate of drug-likeness (QED) is 0.416. The maximum atomic E-state index is 13.2. The molecular formula is C28H35N3O5S2. The molecule has 1 saturated heterocycles. The van der Waals surface area contributed by atoms with Crippen LogP contribution in [0.15, 0.2) is 76.5 Å². The molecule has 1 aliphatic heterocycles. The van der Waals surface area contributed by atoms with E-state index in [2.05, 4.69) is 28.8 Å². The molecule has 38 heavy (non-hydrogen) atoms. The van der Waals surface area contributed by atoms with Crippen LogP contribution in [0.3, 0.4) is 0 Å². The maximum absolute atomic E-state index is 13.2. The number of nitrogens with one attached hydrogen (secondary N) is 2. The van der Waals surface area contributed by atoms with Crippen molar-refractivity contribution in [3.63, 3.8) is 0 Å². The van der Waals surface area contributed by atoms with Gasteiger partial charge >= 0.3 is 0 Å². The molecule has 0 aliphatic carbocycles. The number of hydrogen-bond acceptors (Lipinski definition) is 6. The minimum Gasteiger partial charge on any atom is -0.347 e. The molecule has 3 aromatic carbocycles. The largest absolute Gasteiger partial charge is 0.347 e. The van der Waals surface area contributed by atoms with Gasteiger partial charge in [-0.2, -0.15) is 0 Å². The summed E-state index contributed by atoms with van der Waals surface area (Å²) in [6, 6.07) is 18.4. The van der Waals surface area contributed by atoms with Gasteiger partial charge in [0.05, 0.1) is 15.8 Å². The summed E-state index contributed by atoms with van der Waals surface area (Å²) in [6.45, 7) is 4.80. The molecule has 4 rings (SSSR count). The lowest BCUT2D eigenvalue weighted by atomic mass is 9.97. The third-order valence-electron chi connectivity index (χ3n) is 7.24. The van der Waals surface area contributed by atoms with E-state index in [0.717, 1.165) is 36.3 Å². The van der Waals surface area contributed by atoms with Crippen molar-refractivity contribution in [3.05, 3.63) is 72.3 Å². The molecule has 3 atom stereocenters. The number of nitrogens with zero attached hydrogens (tertiary/aromatic N) is 1. The van der Waals surface area contributed by atoms with Gasteiger partial charge in [0.25, 0.3) is 5.91 Å². The lowest BCUT2D eigenvalue weighted by Crippen LogP contribution is -2.54. The number of sulfonamides is 1. The summed E-state index contributed by atoms with van der Waals surface area (Å²) in [7, 11) is -7.20. The Morgan fingerprint density at radius 1 is 0.895 bits per heavy atom. The fourth-order valence-electron chi connectivity index (χ4n) is 5.00. The Hall–Kier alpha value is -2.79. The Balaban J connectivity index is 1.53. The third kappa shape index (κ3) is 6.79. The van der Waals surface area contributed by atoms with Crippen molar-refractivity contribution in [3.8, 4) is 0 Å². The van der Waals surface area contributed by atoms with E-state index in [4.69, 9.17) is 0 Å². The van der Waals surface area contributed by atoms with Crippen LogP contribution in [0.5, 0.6) is 0 Å². The summed E-state index contributed by atoms with van der Waals surface area (Å²) in [5.74, 6) is -0.391. The Bertz CT molecular complexity index is 1490. The molecular weight excluding hydrogens is 522 g/mol. The lowest BCUT2D eigenvalue weighted by Gasteiger charge is -2.41. The molecule has 204 valence electrons. The van der Waals surface area contributed by atoms with Crippen LogP contribution in [-0.4, -0.2) is 65.1 Å². The van der Waals surface area contributed by atoms with Gasteiger partial charge in [-0.25, -0.2) is 21.6 Å². The van der Waals surface area contributed by atoms with Crippen molar-refractivity contribution in [2.45, 2.75) is 61.0 Å². The summed E-state index contributed by atoms with van der Waals surface area (Å²) in [5.41, 5.74) is 0.305. The van der Waals surface area contributed by atoms with Crippen molar-refractivity contribution in [2.24, 2.45) is 0 Å². The van der Waals surface area contributed by atoms with E-state index in [0.29, 0.717) is 24.2 Å². The molecule has 1 fully saturated rings. The SMILES string of the molecule is C[C@@H]1CCC[C@H](C)N1C[C@H](CNS(=O)(=O)c1ccc2ccccc2c1)NC(=O)c1ccc(S(C)(=O)=O)cc1. The molecule has 8 nitrogen and oxygen atoms in total. The van der Waals surface area contributed by atoms with Crippen LogP contribution >= 0.6 is 0 Å². The summed E-state index contributed by atoms with van der Waals surface area (Å²) < 4.78 is 52.6. The van der Waals surface area contributed by atoms with Gasteiger partial charge in [0.1, 0.15) is 0 Å². The molecule has 0 spiro atoms. The summed E-state index contributed by atoms with van der Waals surface area (Å²) in [6.07, 6.45) is 4.33. The first kappa shape index (κ1) is 28.2. The highest BCUT2D eigenvalue weighted by Crippen LogP contribution is 2.23. The Morgan fingerprint density at radius 2 is 1.50 bits per heavy atom. The molecule has 0 radical (unpaired) electrons. The van der Waals surface area contributed by atoms with Crippen molar-refractivity contribution >= 4 is 36.5 Å². The first-order valence-corrected chi connectivity index (χ1v) is 16.2. The standard InChI is InChI=1S/C28H35N3O5S2/c1-20-7-6-8-21(2)31(20)19-25(30-28(32)23-12-14-26(15-13-23)37(3,33)34)18-29-38(35,36)27-16-11-22-9-4-5-10-24(22)17-27/h4-5,9-17,20-21,25,29H,6-8,18-19H2,1-3H3,(H,30,32)/t20-,21+,25-/m0/s1. The molecule has 1 aliphatic rings. The van der Waals surface area contributed by atoms with E-state index in [1.807, 2.05) is 24.3 Å². The van der Waals surface area contributed by atoms with Crippen LogP contribution in [0.2, 0.25) is 0 Å². The zero-order chi connectivity index (χ0) is 27.5. The number of sulfone groups is 1. The Kier molecular flexibility index (Phi) is 8.56. The van der Waals surface area contributed by atoms with Gasteiger partial charge in [-0.15, -0.1) is 0 Å². The second-order valence-corrected chi connectivity index (χ2v) is 13.9. The van der Waals surface area contributed by atoms with E-state index < -0.39 is 31.8 Å². The van der Waals surface area contributed by atoms with Crippen LogP contribution < -0.4 is 10.0 Å². The minimum absolute atomic E-state index is 0.0122. The van der Waals surface area contributed by atoms with Crippen molar-refractivity contribution in [1.29, 1.82) is 0 Å². The van der Waals surface area contributed by atoms with Crippen LogP contribution in [0.4, 0.5) is 0 Å². The first-order valence-electron chi connectivity index (χ1n) is 12.8. The number of carbonyl (C=O) groups excluding carboxylic acids is 1. The van der Waals surface area contributed by atoms with E-state index >= 15 is 0 Å². The summed E-state index contributed by atoms with van der Waals surface area (Å²) in [5, 5.41) is 4.75. The second-order valence-electron chi connectivity index (χ2n) is 10.2. The molecule has 0 saturated carbocycles. The second kappa shape index (κ2) is 11.5. The summed E-state index contributed by atoms with van der Waals surface area (Å²) in [4.78, 5) is 15.7. The smallest absolute Gasteiger partial charge is 0.251 e. The maximum Gasteiger partial charge on any atom is 0.251 e. The van der Waals surface area contributed by atoms with E-state index in [1.165, 1.54) is 24.3 Å². The van der Waals surface area contributed by atoms with E-state index in [1.54, 1.807) is 18.2 Å². The predicted octanol–water partition coefficient (Wildman–Crippen LogP) is 3.58. The van der Waals surface area contributed by atoms with Crippen LogP contribution in [0.25, 0.3) is 10.8 Å². The van der Waals surface area contributed by atoms with Gasteiger partial charge in [-0.3, -0.25) is 9.69 Å². The number of rotatable bonds is 9. The van der Waals surface area contributed by atoms with Gasteiger partial charge in [0.2, 0.25) is 10.0 Å². The number of piperidine rings is 1. The zero-order valence-electron chi connectivity index (χ0n) is 21.9. The monoisotopic (exact) mass is 557 g/mol. The molecule has 1 amide bonds. The molecule has 0 unspecified atom stereocenters. The van der Waals surface area contributed by atoms with E-state index in [-0.39, 0.29) is 16.3 Å². The number of hydrogen-bond donors (Lipinski definition) is 2. The minimum atomic E-state index is -3.82. The highest BCUT2D eigenvalue weighted by Gasteiger charge is 2.29. The third-order valence-corrected chi connectivity index (χ3v) is 9.79. The van der Waals surface area contributed by atoms with Crippen molar-refractivity contribution < 1.29 is 21.6 Å². The van der Waals surface area contributed by atoms with Gasteiger partial charge in [-0.1, -0.05) is 36.8 Å². The van der Waals surface area contributed by atoms with Gasteiger partial charge < -0.3 is 5.32 Å². The fourth-order valence-corrected chi connectivity index (χ4v) is 6.75. The summed E-state index contributed by atoms with van der Waals surface area (Å²) >= 11 is 0. The number of fused-ring (bicyclic) bond motifs is 1. The van der Waals surface area contributed by atoms with Crippen molar-refractivity contribution in [2.75, 3.05) is 19.3 Å². The lowest BCUT2D eigenvalue weighted by molar-refractivity contribution is 0.0799. The van der Waals surface area contributed by atoms with Gasteiger partial charge in [0.15, 0.2) is 9.84 Å². The number of likely N-dealkylation sites (tertiary alicyclic amines) is 1. The zero-order valence-corrected chi connectivity index (χ0v) is 23.6. The predicted molar refractivity (Wildman–Crippen MR) is 149 cm³/mol. The number of carbonyl (C=O) groups is 1. The number of amides is 1. The Labute approximate surface area is 225 Å². The van der Waals surface area contributed by atoms with Crippen LogP contribution in [0.1, 0.15) is 43.5 Å². The molecule has 2 N–H and O–H groups in total. The fraction of sp³-hybridized carbons (Fsp3) is 0.393. The Morgan fingerprint density at radius 3 is 2.13 bits per heavy atom. The van der Waals surface area contributed by atoms with E-state index in [9.17, 15) is 21.6 Å². The molecule has 0 aromatic heterocycles. The van der Waals surface area contributed by atoms with Gasteiger partial charge in [-0.05, 0) is 73.9 Å². The average Bonchev–Trinajstić information content (AvgIpc) is 2.88. The normalized spacial score (nSPS) is 19.8. The average molecular weight is 558 g/mol.